The van der Waals surface area contributed by atoms with Crippen molar-refractivity contribution in [3.05, 3.63) is 77.0 Å². The molecule has 0 unspecified atom stereocenters. The maximum absolute atomic E-state index is 12.3. The topological polar surface area (TPSA) is 95.5 Å². The third-order valence-corrected chi connectivity index (χ3v) is 3.32. The second-order valence-corrected chi connectivity index (χ2v) is 5.37. The summed E-state index contributed by atoms with van der Waals surface area (Å²) in [5.41, 5.74) is 2.13. The van der Waals surface area contributed by atoms with Crippen LogP contribution in [0.3, 0.4) is 0 Å². The van der Waals surface area contributed by atoms with Crippen molar-refractivity contribution in [2.24, 2.45) is 0 Å². The molecular formula is C19H18N2O4. The van der Waals surface area contributed by atoms with Crippen molar-refractivity contribution in [1.82, 2.24) is 10.6 Å². The third kappa shape index (κ3) is 5.62. The lowest BCUT2D eigenvalue weighted by molar-refractivity contribution is -0.137. The quantitative estimate of drug-likeness (QED) is 0.702. The van der Waals surface area contributed by atoms with E-state index >= 15 is 0 Å². The van der Waals surface area contributed by atoms with Gasteiger partial charge in [0.25, 0.3) is 11.8 Å². The van der Waals surface area contributed by atoms with Gasteiger partial charge in [-0.3, -0.25) is 14.4 Å². The van der Waals surface area contributed by atoms with Gasteiger partial charge in [-0.2, -0.15) is 0 Å². The van der Waals surface area contributed by atoms with Crippen molar-refractivity contribution in [2.75, 3.05) is 6.54 Å². The number of benzene rings is 2. The molecule has 0 fully saturated rings. The highest BCUT2D eigenvalue weighted by atomic mass is 16.4. The minimum atomic E-state index is -1.17. The van der Waals surface area contributed by atoms with E-state index in [1.165, 1.54) is 6.08 Å². The maximum Gasteiger partial charge on any atom is 0.322 e. The molecule has 0 bridgehead atoms. The van der Waals surface area contributed by atoms with Crippen LogP contribution in [0.2, 0.25) is 0 Å². The van der Waals surface area contributed by atoms with Crippen LogP contribution in [0.4, 0.5) is 0 Å². The predicted molar refractivity (Wildman–Crippen MR) is 93.7 cm³/mol. The molecule has 0 radical (unpaired) electrons. The highest BCUT2D eigenvalue weighted by Crippen LogP contribution is 2.09. The molecule has 128 valence electrons. The molecule has 0 aliphatic carbocycles. The summed E-state index contributed by atoms with van der Waals surface area (Å²) in [6, 6.07) is 15.8. The zero-order valence-electron chi connectivity index (χ0n) is 13.7. The van der Waals surface area contributed by atoms with E-state index < -0.39 is 24.3 Å². The lowest BCUT2D eigenvalue weighted by Gasteiger charge is -2.10. The van der Waals surface area contributed by atoms with Crippen molar-refractivity contribution in [3.63, 3.8) is 0 Å². The van der Waals surface area contributed by atoms with E-state index in [1.54, 1.807) is 42.5 Å². The van der Waals surface area contributed by atoms with Gasteiger partial charge in [-0.25, -0.2) is 0 Å². The molecule has 0 aliphatic rings. The van der Waals surface area contributed by atoms with E-state index in [9.17, 15) is 14.4 Å². The number of hydrogen-bond acceptors (Lipinski definition) is 3. The number of carboxylic acids is 1. The van der Waals surface area contributed by atoms with Crippen LogP contribution in [0, 0.1) is 6.92 Å². The Morgan fingerprint density at radius 3 is 2.24 bits per heavy atom. The van der Waals surface area contributed by atoms with E-state index in [-0.39, 0.29) is 5.70 Å². The maximum atomic E-state index is 12.3. The minimum absolute atomic E-state index is 0.0287. The van der Waals surface area contributed by atoms with Gasteiger partial charge in [0, 0.05) is 5.56 Å². The zero-order chi connectivity index (χ0) is 18.2. The first-order valence-electron chi connectivity index (χ1n) is 7.60. The van der Waals surface area contributed by atoms with Gasteiger partial charge in [0.2, 0.25) is 0 Å². The normalized spacial score (nSPS) is 10.8. The van der Waals surface area contributed by atoms with Gasteiger partial charge in [0.15, 0.2) is 0 Å². The SMILES string of the molecule is Cc1ccc(C=C(NC(=O)c2ccccc2)C(=O)NCC(=O)O)cc1. The first kappa shape index (κ1) is 17.9. The Balaban J connectivity index is 2.24. The fourth-order valence-electron chi connectivity index (χ4n) is 2.02. The molecular weight excluding hydrogens is 320 g/mol. The Bertz CT molecular complexity index is 796. The molecule has 2 aromatic carbocycles. The molecule has 2 aromatic rings. The largest absolute Gasteiger partial charge is 0.480 e. The van der Waals surface area contributed by atoms with Gasteiger partial charge in [-0.15, -0.1) is 0 Å². The molecule has 2 rings (SSSR count). The van der Waals surface area contributed by atoms with Crippen LogP contribution in [0.1, 0.15) is 21.5 Å². The number of aliphatic carboxylic acids is 1. The van der Waals surface area contributed by atoms with Crippen LogP contribution in [-0.4, -0.2) is 29.4 Å². The van der Waals surface area contributed by atoms with Gasteiger partial charge < -0.3 is 15.7 Å². The van der Waals surface area contributed by atoms with Crippen molar-refractivity contribution < 1.29 is 19.5 Å². The molecule has 0 atom stereocenters. The number of aryl methyl sites for hydroxylation is 1. The van der Waals surface area contributed by atoms with E-state index in [0.29, 0.717) is 11.1 Å². The highest BCUT2D eigenvalue weighted by molar-refractivity contribution is 6.05. The fraction of sp³-hybridized carbons (Fsp3) is 0.105. The summed E-state index contributed by atoms with van der Waals surface area (Å²) in [5, 5.41) is 13.5. The number of nitrogens with one attached hydrogen (secondary N) is 2. The molecule has 0 saturated heterocycles. The Labute approximate surface area is 145 Å². The molecule has 0 aliphatic heterocycles. The molecule has 25 heavy (non-hydrogen) atoms. The lowest BCUT2D eigenvalue weighted by Crippen LogP contribution is -2.37. The molecule has 0 heterocycles. The summed E-state index contributed by atoms with van der Waals surface area (Å²) < 4.78 is 0. The van der Waals surface area contributed by atoms with Crippen LogP contribution in [0.15, 0.2) is 60.3 Å². The van der Waals surface area contributed by atoms with Crippen LogP contribution in [-0.2, 0) is 9.59 Å². The number of carboxylic acid groups (broad SMARTS) is 1. The molecule has 0 saturated carbocycles. The number of hydrogen-bond donors (Lipinski definition) is 3. The number of carbonyl (C=O) groups excluding carboxylic acids is 2. The summed E-state index contributed by atoms with van der Waals surface area (Å²) in [4.78, 5) is 35.2. The van der Waals surface area contributed by atoms with Crippen molar-refractivity contribution in [3.8, 4) is 0 Å². The van der Waals surface area contributed by atoms with Crippen molar-refractivity contribution >= 4 is 23.9 Å². The monoisotopic (exact) mass is 338 g/mol. The van der Waals surface area contributed by atoms with Gasteiger partial charge in [0.1, 0.15) is 12.2 Å². The van der Waals surface area contributed by atoms with E-state index in [1.807, 2.05) is 19.1 Å². The number of carbonyl (C=O) groups is 3. The van der Waals surface area contributed by atoms with E-state index in [2.05, 4.69) is 10.6 Å². The average molecular weight is 338 g/mol. The van der Waals surface area contributed by atoms with Gasteiger partial charge >= 0.3 is 5.97 Å². The van der Waals surface area contributed by atoms with Gasteiger partial charge in [-0.1, -0.05) is 48.0 Å². The summed E-state index contributed by atoms with van der Waals surface area (Å²) in [7, 11) is 0. The fourth-order valence-corrected chi connectivity index (χ4v) is 2.02. The molecule has 2 amide bonds. The van der Waals surface area contributed by atoms with Crippen LogP contribution < -0.4 is 10.6 Å². The lowest BCUT2D eigenvalue weighted by atomic mass is 10.1. The van der Waals surface area contributed by atoms with Crippen molar-refractivity contribution in [1.29, 1.82) is 0 Å². The van der Waals surface area contributed by atoms with Crippen molar-refractivity contribution in [2.45, 2.75) is 6.92 Å². The molecule has 6 nitrogen and oxygen atoms in total. The first-order chi connectivity index (χ1) is 12.0. The smallest absolute Gasteiger partial charge is 0.322 e. The molecule has 0 aromatic heterocycles. The van der Waals surface area contributed by atoms with E-state index in [0.717, 1.165) is 5.56 Å². The third-order valence-electron chi connectivity index (χ3n) is 3.32. The Morgan fingerprint density at radius 1 is 1.00 bits per heavy atom. The van der Waals surface area contributed by atoms with Crippen LogP contribution >= 0.6 is 0 Å². The standard InChI is InChI=1S/C19H18N2O4/c1-13-7-9-14(10-8-13)11-16(19(25)20-12-17(22)23)21-18(24)15-5-3-2-4-6-15/h2-11H,12H2,1H3,(H,20,25)(H,21,24)(H,22,23). The molecule has 0 spiro atoms. The van der Waals surface area contributed by atoms with Gasteiger partial charge in [-0.05, 0) is 30.7 Å². The zero-order valence-corrected chi connectivity index (χ0v) is 13.7. The Hall–Kier alpha value is -3.41. The van der Waals surface area contributed by atoms with E-state index in [4.69, 9.17) is 5.11 Å². The average Bonchev–Trinajstić information content (AvgIpc) is 2.61. The second kappa shape index (κ2) is 8.44. The summed E-state index contributed by atoms with van der Waals surface area (Å²) in [6.45, 7) is 1.40. The minimum Gasteiger partial charge on any atom is -0.480 e. The predicted octanol–water partition coefficient (Wildman–Crippen LogP) is 1.97. The Kier molecular flexibility index (Phi) is 6.06. The molecule has 3 N–H and O–H groups in total. The number of amides is 2. The van der Waals surface area contributed by atoms with Crippen LogP contribution in [0.5, 0.6) is 0 Å². The summed E-state index contributed by atoms with van der Waals surface area (Å²) >= 11 is 0. The Morgan fingerprint density at radius 2 is 1.64 bits per heavy atom. The second-order valence-electron chi connectivity index (χ2n) is 5.37. The van der Waals surface area contributed by atoms with Gasteiger partial charge in [0.05, 0.1) is 0 Å². The summed E-state index contributed by atoms with van der Waals surface area (Å²) in [5.74, 6) is -2.30. The number of rotatable bonds is 6. The highest BCUT2D eigenvalue weighted by Gasteiger charge is 2.15. The van der Waals surface area contributed by atoms with Crippen LogP contribution in [0.25, 0.3) is 6.08 Å². The summed E-state index contributed by atoms with van der Waals surface area (Å²) in [6.07, 6.45) is 1.50. The molecule has 6 heteroatoms. The first-order valence-corrected chi connectivity index (χ1v) is 7.60.